The smallest absolute Gasteiger partial charge is 0.266 e. The molecule has 1 aliphatic rings. The summed E-state index contributed by atoms with van der Waals surface area (Å²) in [5.74, 6) is 0.199. The van der Waals surface area contributed by atoms with E-state index in [-0.39, 0.29) is 11.9 Å². The molecule has 1 atom stereocenters. The van der Waals surface area contributed by atoms with Crippen molar-refractivity contribution in [2.75, 3.05) is 0 Å². The Labute approximate surface area is 139 Å². The molecular formula is C18H15ClN2O2. The second kappa shape index (κ2) is 6.72. The normalized spacial score (nSPS) is 14.6. The summed E-state index contributed by atoms with van der Waals surface area (Å²) in [5.41, 5.74) is 1.20. The van der Waals surface area contributed by atoms with Gasteiger partial charge in [0.25, 0.3) is 5.91 Å². The minimum absolute atomic E-state index is 0.181. The molecule has 1 saturated carbocycles. The van der Waals surface area contributed by atoms with Crippen LogP contribution in [0, 0.1) is 11.3 Å². The van der Waals surface area contributed by atoms with E-state index < -0.39 is 6.10 Å². The molecule has 116 valence electrons. The Bertz CT molecular complexity index is 751. The lowest BCUT2D eigenvalue weighted by Crippen LogP contribution is -2.33. The van der Waals surface area contributed by atoms with E-state index in [0.29, 0.717) is 16.3 Å². The van der Waals surface area contributed by atoms with Crippen molar-refractivity contribution in [1.29, 1.82) is 5.26 Å². The van der Waals surface area contributed by atoms with Crippen molar-refractivity contribution in [2.24, 2.45) is 0 Å². The molecule has 0 aliphatic heterocycles. The first-order chi connectivity index (χ1) is 11.2. The predicted molar refractivity (Wildman–Crippen MR) is 87.1 cm³/mol. The molecule has 0 spiro atoms. The third-order valence-corrected chi connectivity index (χ3v) is 3.87. The summed E-state index contributed by atoms with van der Waals surface area (Å²) in [7, 11) is 0. The second-order valence-electron chi connectivity index (χ2n) is 5.45. The molecule has 0 unspecified atom stereocenters. The predicted octanol–water partition coefficient (Wildman–Crippen LogP) is 3.61. The van der Waals surface area contributed by atoms with E-state index in [4.69, 9.17) is 21.6 Å². The van der Waals surface area contributed by atoms with Crippen LogP contribution in [0.25, 0.3) is 0 Å². The lowest BCUT2D eigenvalue weighted by atomic mass is 10.1. The third-order valence-electron chi connectivity index (χ3n) is 3.57. The Balaban J connectivity index is 1.86. The number of carbonyl (C=O) groups is 1. The van der Waals surface area contributed by atoms with Gasteiger partial charge in [0.2, 0.25) is 6.10 Å². The molecule has 0 heterocycles. The van der Waals surface area contributed by atoms with E-state index in [9.17, 15) is 4.79 Å². The standard InChI is InChI=1S/C18H15ClN2O2/c19-15-10-12(11-20)6-9-16(15)23-17(13-4-2-1-3-5-13)18(22)21-14-7-8-14/h1-6,9-10,14,17H,7-8H2,(H,21,22)/t17-/m1/s1. The molecule has 0 radical (unpaired) electrons. The fourth-order valence-electron chi connectivity index (χ4n) is 2.20. The topological polar surface area (TPSA) is 62.1 Å². The van der Waals surface area contributed by atoms with Crippen LogP contribution in [0.3, 0.4) is 0 Å². The molecule has 1 N–H and O–H groups in total. The number of amides is 1. The maximum absolute atomic E-state index is 12.5. The fraction of sp³-hybridized carbons (Fsp3) is 0.222. The number of nitrogens with zero attached hydrogens (tertiary/aromatic N) is 1. The minimum Gasteiger partial charge on any atom is -0.474 e. The van der Waals surface area contributed by atoms with Crippen molar-refractivity contribution in [1.82, 2.24) is 5.32 Å². The zero-order chi connectivity index (χ0) is 16.2. The first-order valence-electron chi connectivity index (χ1n) is 7.39. The summed E-state index contributed by atoms with van der Waals surface area (Å²) in [6.07, 6.45) is 1.23. The summed E-state index contributed by atoms with van der Waals surface area (Å²) < 4.78 is 5.87. The monoisotopic (exact) mass is 326 g/mol. The second-order valence-corrected chi connectivity index (χ2v) is 5.86. The minimum atomic E-state index is -0.776. The highest BCUT2D eigenvalue weighted by molar-refractivity contribution is 6.32. The van der Waals surface area contributed by atoms with Crippen LogP contribution in [0.2, 0.25) is 5.02 Å². The summed E-state index contributed by atoms with van der Waals surface area (Å²) in [6, 6.07) is 16.3. The first-order valence-corrected chi connectivity index (χ1v) is 7.77. The molecule has 3 rings (SSSR count). The van der Waals surface area contributed by atoms with E-state index in [0.717, 1.165) is 18.4 Å². The van der Waals surface area contributed by atoms with Crippen LogP contribution < -0.4 is 10.1 Å². The Morgan fingerprint density at radius 3 is 2.61 bits per heavy atom. The Morgan fingerprint density at radius 2 is 2.00 bits per heavy atom. The Kier molecular flexibility index (Phi) is 4.50. The fourth-order valence-corrected chi connectivity index (χ4v) is 2.42. The van der Waals surface area contributed by atoms with E-state index in [2.05, 4.69) is 5.32 Å². The van der Waals surface area contributed by atoms with E-state index >= 15 is 0 Å². The molecule has 0 bridgehead atoms. The number of rotatable bonds is 5. The maximum Gasteiger partial charge on any atom is 0.266 e. The molecule has 5 heteroatoms. The SMILES string of the molecule is N#Cc1ccc(O[C@@H](C(=O)NC2CC2)c2ccccc2)c(Cl)c1. The van der Waals surface area contributed by atoms with Crippen LogP contribution in [0.1, 0.15) is 30.1 Å². The Hall–Kier alpha value is -2.51. The first kappa shape index (κ1) is 15.4. The number of nitrogens with one attached hydrogen (secondary N) is 1. The molecule has 1 aliphatic carbocycles. The molecule has 0 aromatic heterocycles. The largest absolute Gasteiger partial charge is 0.474 e. The van der Waals surface area contributed by atoms with Crippen LogP contribution in [0.4, 0.5) is 0 Å². The molecular weight excluding hydrogens is 312 g/mol. The Morgan fingerprint density at radius 1 is 1.26 bits per heavy atom. The van der Waals surface area contributed by atoms with Gasteiger partial charge in [-0.1, -0.05) is 41.9 Å². The molecule has 4 nitrogen and oxygen atoms in total. The number of hydrogen-bond donors (Lipinski definition) is 1. The number of halogens is 1. The van der Waals surface area contributed by atoms with Gasteiger partial charge in [-0.05, 0) is 31.0 Å². The summed E-state index contributed by atoms with van der Waals surface area (Å²) >= 11 is 6.15. The van der Waals surface area contributed by atoms with E-state index in [1.807, 2.05) is 36.4 Å². The van der Waals surface area contributed by atoms with Crippen molar-refractivity contribution in [3.05, 3.63) is 64.7 Å². The van der Waals surface area contributed by atoms with Gasteiger partial charge in [-0.15, -0.1) is 0 Å². The third kappa shape index (κ3) is 3.82. The number of ether oxygens (including phenoxy) is 1. The van der Waals surface area contributed by atoms with Crippen molar-refractivity contribution in [3.63, 3.8) is 0 Å². The highest BCUT2D eigenvalue weighted by Gasteiger charge is 2.30. The van der Waals surface area contributed by atoms with Crippen LogP contribution in [-0.4, -0.2) is 11.9 Å². The summed E-state index contributed by atoms with van der Waals surface area (Å²) in [6.45, 7) is 0. The van der Waals surface area contributed by atoms with E-state index in [1.165, 1.54) is 6.07 Å². The number of benzene rings is 2. The van der Waals surface area contributed by atoms with E-state index in [1.54, 1.807) is 12.1 Å². The highest BCUT2D eigenvalue weighted by Crippen LogP contribution is 2.31. The van der Waals surface area contributed by atoms with Crippen LogP contribution >= 0.6 is 11.6 Å². The zero-order valence-electron chi connectivity index (χ0n) is 12.3. The summed E-state index contributed by atoms with van der Waals surface area (Å²) in [4.78, 5) is 12.5. The average Bonchev–Trinajstić information content (AvgIpc) is 3.38. The number of carbonyl (C=O) groups excluding carboxylic acids is 1. The van der Waals surface area contributed by atoms with Crippen LogP contribution in [-0.2, 0) is 4.79 Å². The molecule has 2 aromatic rings. The van der Waals surface area contributed by atoms with Gasteiger partial charge in [0.15, 0.2) is 0 Å². The quantitative estimate of drug-likeness (QED) is 0.913. The van der Waals surface area contributed by atoms with Gasteiger partial charge in [0.05, 0.1) is 16.7 Å². The molecule has 2 aromatic carbocycles. The van der Waals surface area contributed by atoms with Gasteiger partial charge in [-0.3, -0.25) is 4.79 Å². The maximum atomic E-state index is 12.5. The van der Waals surface area contributed by atoms with Gasteiger partial charge in [-0.2, -0.15) is 5.26 Å². The average molecular weight is 327 g/mol. The van der Waals surface area contributed by atoms with Gasteiger partial charge in [-0.25, -0.2) is 0 Å². The van der Waals surface area contributed by atoms with Crippen molar-refractivity contribution >= 4 is 17.5 Å². The van der Waals surface area contributed by atoms with Crippen LogP contribution in [0.5, 0.6) is 5.75 Å². The highest BCUT2D eigenvalue weighted by atomic mass is 35.5. The van der Waals surface area contributed by atoms with Crippen molar-refractivity contribution in [3.8, 4) is 11.8 Å². The number of nitriles is 1. The lowest BCUT2D eigenvalue weighted by molar-refractivity contribution is -0.128. The zero-order valence-corrected chi connectivity index (χ0v) is 13.1. The molecule has 1 fully saturated rings. The van der Waals surface area contributed by atoms with Gasteiger partial charge in [0.1, 0.15) is 5.75 Å². The lowest BCUT2D eigenvalue weighted by Gasteiger charge is -2.20. The summed E-state index contributed by atoms with van der Waals surface area (Å²) in [5, 5.41) is 12.2. The van der Waals surface area contributed by atoms with Crippen molar-refractivity contribution in [2.45, 2.75) is 25.0 Å². The van der Waals surface area contributed by atoms with Crippen molar-refractivity contribution < 1.29 is 9.53 Å². The number of hydrogen-bond acceptors (Lipinski definition) is 3. The van der Waals surface area contributed by atoms with Gasteiger partial charge < -0.3 is 10.1 Å². The molecule has 0 saturated heterocycles. The molecule has 1 amide bonds. The van der Waals surface area contributed by atoms with Gasteiger partial charge in [0, 0.05) is 11.6 Å². The van der Waals surface area contributed by atoms with Gasteiger partial charge >= 0.3 is 0 Å². The van der Waals surface area contributed by atoms with Crippen LogP contribution in [0.15, 0.2) is 48.5 Å². The molecule has 23 heavy (non-hydrogen) atoms.